The van der Waals surface area contributed by atoms with E-state index in [1.807, 2.05) is 30.3 Å². The fraction of sp³-hybridized carbons (Fsp3) is 0.167. The Bertz CT molecular complexity index is 1320. The van der Waals surface area contributed by atoms with E-state index in [1.54, 1.807) is 19.9 Å². The van der Waals surface area contributed by atoms with Crippen molar-refractivity contribution in [1.29, 1.82) is 0 Å². The molecule has 0 fully saturated rings. The summed E-state index contributed by atoms with van der Waals surface area (Å²) in [5.74, 6) is -3.00. The number of anilines is 1. The Hall–Kier alpha value is -4.14. The Kier molecular flexibility index (Phi) is 6.12. The number of para-hydroxylation sites is 1. The highest BCUT2D eigenvalue weighted by atomic mass is 19.1. The number of rotatable bonds is 6. The Morgan fingerprint density at radius 2 is 1.76 bits per heavy atom. The van der Waals surface area contributed by atoms with Gasteiger partial charge in [0, 0.05) is 12.1 Å². The van der Waals surface area contributed by atoms with Gasteiger partial charge in [0.05, 0.1) is 22.3 Å². The predicted octanol–water partition coefficient (Wildman–Crippen LogP) is 4.58. The molecule has 2 aromatic carbocycles. The summed E-state index contributed by atoms with van der Waals surface area (Å²) in [6.45, 7) is 3.17. The van der Waals surface area contributed by atoms with Crippen LogP contribution in [0, 0.1) is 18.6 Å². The number of hydrogen-bond acceptors (Lipinski definition) is 5. The van der Waals surface area contributed by atoms with Crippen LogP contribution >= 0.6 is 0 Å². The molecule has 0 unspecified atom stereocenters. The Morgan fingerprint density at radius 1 is 1.06 bits per heavy atom. The zero-order chi connectivity index (χ0) is 23.5. The van der Waals surface area contributed by atoms with E-state index in [2.05, 4.69) is 15.5 Å². The highest BCUT2D eigenvalue weighted by Crippen LogP contribution is 2.28. The molecule has 0 radical (unpaired) electrons. The quantitative estimate of drug-likeness (QED) is 0.465. The first-order chi connectivity index (χ1) is 15.9. The molecule has 0 aliphatic heterocycles. The second-order valence-corrected chi connectivity index (χ2v) is 7.33. The number of benzene rings is 2. The molecular formula is C24H20F2N4O3. The van der Waals surface area contributed by atoms with Gasteiger partial charge in [-0.3, -0.25) is 9.59 Å². The van der Waals surface area contributed by atoms with Crippen molar-refractivity contribution in [3.8, 4) is 11.3 Å². The van der Waals surface area contributed by atoms with Gasteiger partial charge in [0.25, 0.3) is 11.6 Å². The molecule has 4 rings (SSSR count). The van der Waals surface area contributed by atoms with Gasteiger partial charge >= 0.3 is 0 Å². The fourth-order valence-corrected chi connectivity index (χ4v) is 3.49. The van der Waals surface area contributed by atoms with Crippen molar-refractivity contribution in [3.05, 3.63) is 77.5 Å². The van der Waals surface area contributed by atoms with Crippen LogP contribution in [-0.4, -0.2) is 39.9 Å². The second-order valence-electron chi connectivity index (χ2n) is 7.33. The number of nitrogens with zero attached hydrogens (tertiary/aromatic N) is 3. The number of nitrogens with one attached hydrogen (secondary N) is 1. The molecule has 1 N–H and O–H groups in total. The van der Waals surface area contributed by atoms with Gasteiger partial charge < -0.3 is 14.7 Å². The third-order valence-electron chi connectivity index (χ3n) is 5.15. The van der Waals surface area contributed by atoms with Crippen molar-refractivity contribution in [2.45, 2.75) is 13.8 Å². The van der Waals surface area contributed by atoms with Crippen LogP contribution in [0.5, 0.6) is 0 Å². The number of hydrogen-bond donors (Lipinski definition) is 1. The van der Waals surface area contributed by atoms with Gasteiger partial charge in [-0.15, -0.1) is 0 Å². The summed E-state index contributed by atoms with van der Waals surface area (Å²) in [6, 6.07) is 14.1. The molecule has 168 valence electrons. The standard InChI is InChI=1S/C24H20F2N4O3/c1-3-30(13-20(31)28-22-17(25)10-7-11-18(22)26)24(32)16-12-19(15-8-5-4-6-9-15)27-23-21(16)14(2)29-33-23/h4-12H,3,13H2,1-2H3,(H,28,31). The molecular weight excluding hydrogens is 430 g/mol. The van der Waals surface area contributed by atoms with Crippen LogP contribution in [-0.2, 0) is 4.79 Å². The van der Waals surface area contributed by atoms with Crippen LogP contribution in [0.2, 0.25) is 0 Å². The molecule has 0 atom stereocenters. The molecule has 9 heteroatoms. The first-order valence-corrected chi connectivity index (χ1v) is 10.2. The van der Waals surface area contributed by atoms with E-state index in [1.165, 1.54) is 11.0 Å². The van der Waals surface area contributed by atoms with Crippen molar-refractivity contribution in [2.24, 2.45) is 0 Å². The van der Waals surface area contributed by atoms with Gasteiger partial charge in [-0.25, -0.2) is 13.8 Å². The van der Waals surface area contributed by atoms with Crippen LogP contribution < -0.4 is 5.32 Å². The van der Waals surface area contributed by atoms with Crippen molar-refractivity contribution in [3.63, 3.8) is 0 Å². The molecule has 0 saturated heterocycles. The van der Waals surface area contributed by atoms with Gasteiger partial charge in [-0.2, -0.15) is 0 Å². The van der Waals surface area contributed by atoms with Gasteiger partial charge in [-0.05, 0) is 32.0 Å². The van der Waals surface area contributed by atoms with Gasteiger partial charge in [-0.1, -0.05) is 41.6 Å². The highest BCUT2D eigenvalue weighted by molar-refractivity contribution is 6.08. The number of carbonyl (C=O) groups is 2. The van der Waals surface area contributed by atoms with Gasteiger partial charge in [0.2, 0.25) is 5.91 Å². The minimum atomic E-state index is -0.902. The van der Waals surface area contributed by atoms with Crippen molar-refractivity contribution < 1.29 is 22.9 Å². The topological polar surface area (TPSA) is 88.3 Å². The van der Waals surface area contributed by atoms with E-state index in [-0.39, 0.29) is 17.8 Å². The average Bonchev–Trinajstić information content (AvgIpc) is 3.20. The lowest BCUT2D eigenvalue weighted by atomic mass is 10.0. The van der Waals surface area contributed by atoms with Crippen LogP contribution in [0.4, 0.5) is 14.5 Å². The molecule has 0 spiro atoms. The molecule has 2 amide bonds. The third-order valence-corrected chi connectivity index (χ3v) is 5.15. The van der Waals surface area contributed by atoms with E-state index in [4.69, 9.17) is 4.52 Å². The van der Waals surface area contributed by atoms with E-state index in [0.717, 1.165) is 17.7 Å². The monoisotopic (exact) mass is 450 g/mol. The summed E-state index contributed by atoms with van der Waals surface area (Å²) in [7, 11) is 0. The molecule has 2 aromatic heterocycles. The van der Waals surface area contributed by atoms with Crippen molar-refractivity contribution >= 4 is 28.6 Å². The predicted molar refractivity (Wildman–Crippen MR) is 119 cm³/mol. The molecule has 0 saturated carbocycles. The first kappa shape index (κ1) is 22.1. The van der Waals surface area contributed by atoms with Crippen molar-refractivity contribution in [1.82, 2.24) is 15.0 Å². The van der Waals surface area contributed by atoms with Crippen LogP contribution in [0.15, 0.2) is 59.1 Å². The molecule has 0 aliphatic carbocycles. The molecule has 4 aromatic rings. The van der Waals surface area contributed by atoms with E-state index in [9.17, 15) is 18.4 Å². The lowest BCUT2D eigenvalue weighted by Crippen LogP contribution is -2.38. The SMILES string of the molecule is CCN(CC(=O)Nc1c(F)cccc1F)C(=O)c1cc(-c2ccccc2)nc2onc(C)c12. The van der Waals surface area contributed by atoms with Gasteiger partial charge in [0.1, 0.15) is 23.9 Å². The van der Waals surface area contributed by atoms with Crippen LogP contribution in [0.3, 0.4) is 0 Å². The zero-order valence-electron chi connectivity index (χ0n) is 17.9. The zero-order valence-corrected chi connectivity index (χ0v) is 17.9. The van der Waals surface area contributed by atoms with Crippen LogP contribution in [0.25, 0.3) is 22.4 Å². The summed E-state index contributed by atoms with van der Waals surface area (Å²) < 4.78 is 33.1. The smallest absolute Gasteiger partial charge is 0.259 e. The number of aromatic nitrogens is 2. The molecule has 33 heavy (non-hydrogen) atoms. The van der Waals surface area contributed by atoms with E-state index < -0.39 is 35.7 Å². The minimum absolute atomic E-state index is 0.181. The largest absolute Gasteiger partial charge is 0.335 e. The molecule has 0 aliphatic rings. The lowest BCUT2D eigenvalue weighted by molar-refractivity contribution is -0.116. The lowest BCUT2D eigenvalue weighted by Gasteiger charge is -2.21. The number of amides is 2. The maximum absolute atomic E-state index is 13.9. The summed E-state index contributed by atoms with van der Waals surface area (Å²) in [5.41, 5.74) is 1.68. The van der Waals surface area contributed by atoms with Crippen LogP contribution in [0.1, 0.15) is 23.0 Å². The second kappa shape index (κ2) is 9.15. The molecule has 0 bridgehead atoms. The maximum atomic E-state index is 13.9. The molecule has 7 nitrogen and oxygen atoms in total. The summed E-state index contributed by atoms with van der Waals surface area (Å²) in [6.07, 6.45) is 0. The Morgan fingerprint density at radius 3 is 2.42 bits per heavy atom. The normalized spacial score (nSPS) is 10.9. The summed E-state index contributed by atoms with van der Waals surface area (Å²) in [5, 5.41) is 6.57. The number of halogens is 2. The Labute approximate surface area is 188 Å². The van der Waals surface area contributed by atoms with E-state index in [0.29, 0.717) is 16.8 Å². The summed E-state index contributed by atoms with van der Waals surface area (Å²) in [4.78, 5) is 31.7. The number of pyridine rings is 1. The number of fused-ring (bicyclic) bond motifs is 1. The number of likely N-dealkylation sites (N-methyl/N-ethyl adjacent to an activating group) is 1. The van der Waals surface area contributed by atoms with E-state index >= 15 is 0 Å². The number of carbonyl (C=O) groups excluding carboxylic acids is 2. The first-order valence-electron chi connectivity index (χ1n) is 10.2. The maximum Gasteiger partial charge on any atom is 0.259 e. The highest BCUT2D eigenvalue weighted by Gasteiger charge is 2.25. The Balaban J connectivity index is 1.66. The summed E-state index contributed by atoms with van der Waals surface area (Å²) >= 11 is 0. The number of aryl methyl sites for hydroxylation is 1. The van der Waals surface area contributed by atoms with Gasteiger partial charge in [0.15, 0.2) is 0 Å². The molecule has 2 heterocycles. The minimum Gasteiger partial charge on any atom is -0.335 e. The third kappa shape index (κ3) is 4.43. The fourth-order valence-electron chi connectivity index (χ4n) is 3.49. The average molecular weight is 450 g/mol. The van der Waals surface area contributed by atoms with Crippen molar-refractivity contribution in [2.75, 3.05) is 18.4 Å².